The summed E-state index contributed by atoms with van der Waals surface area (Å²) in [7, 11) is 1.85. The van der Waals surface area contributed by atoms with Crippen LogP contribution in [0.1, 0.15) is 22.5 Å². The number of anilines is 2. The van der Waals surface area contributed by atoms with E-state index in [0.29, 0.717) is 22.7 Å². The van der Waals surface area contributed by atoms with E-state index in [1.165, 1.54) is 11.3 Å². The number of benzene rings is 1. The Morgan fingerprint density at radius 1 is 1.05 bits per heavy atom. The topological polar surface area (TPSA) is 70.2 Å². The minimum atomic E-state index is -0.174. The summed E-state index contributed by atoms with van der Waals surface area (Å²) in [4.78, 5) is 24.6. The molecule has 2 amide bonds. The second-order valence-electron chi connectivity index (χ2n) is 4.73. The van der Waals surface area contributed by atoms with Gasteiger partial charge in [-0.25, -0.2) is 0 Å². The fourth-order valence-electron chi connectivity index (χ4n) is 1.93. The number of amides is 2. The summed E-state index contributed by atoms with van der Waals surface area (Å²) in [5, 5.41) is 10.5. The largest absolute Gasteiger partial charge is 0.324 e. The third-order valence-electron chi connectivity index (χ3n) is 3.02. The molecule has 0 aliphatic rings. The maximum Gasteiger partial charge on any atom is 0.265 e. The van der Waals surface area contributed by atoms with Crippen LogP contribution in [0.3, 0.4) is 0 Å². The first-order valence-electron chi connectivity index (χ1n) is 7.09. The molecule has 5 nitrogen and oxygen atoms in total. The summed E-state index contributed by atoms with van der Waals surface area (Å²) in [6.45, 7) is 0.796. The van der Waals surface area contributed by atoms with Crippen LogP contribution in [0, 0.1) is 0 Å². The maximum atomic E-state index is 12.1. The zero-order chi connectivity index (χ0) is 15.8. The molecule has 22 heavy (non-hydrogen) atoms. The fraction of sp³-hybridized carbons (Fsp3) is 0.250. The van der Waals surface area contributed by atoms with Crippen molar-refractivity contribution >= 4 is 34.5 Å². The van der Waals surface area contributed by atoms with Gasteiger partial charge in [0.1, 0.15) is 0 Å². The summed E-state index contributed by atoms with van der Waals surface area (Å²) in [5.74, 6) is -0.236. The summed E-state index contributed by atoms with van der Waals surface area (Å²) in [6.07, 6.45) is 1.21. The molecule has 0 saturated carbocycles. The van der Waals surface area contributed by atoms with Crippen LogP contribution in [0.15, 0.2) is 41.8 Å². The van der Waals surface area contributed by atoms with Gasteiger partial charge in [0.2, 0.25) is 5.91 Å². The zero-order valence-electron chi connectivity index (χ0n) is 12.4. The molecule has 3 N–H and O–H groups in total. The van der Waals surface area contributed by atoms with Crippen LogP contribution < -0.4 is 16.0 Å². The Morgan fingerprint density at radius 2 is 1.77 bits per heavy atom. The molecular weight excluding hydrogens is 298 g/mol. The highest BCUT2D eigenvalue weighted by Crippen LogP contribution is 2.22. The first-order valence-corrected chi connectivity index (χ1v) is 7.97. The van der Waals surface area contributed by atoms with Gasteiger partial charge in [0.15, 0.2) is 0 Å². The Bertz CT molecular complexity index is 626. The molecule has 0 aliphatic heterocycles. The van der Waals surface area contributed by atoms with E-state index in [1.54, 1.807) is 18.2 Å². The molecule has 0 saturated heterocycles. The van der Waals surface area contributed by atoms with Crippen molar-refractivity contribution in [1.82, 2.24) is 5.32 Å². The quantitative estimate of drug-likeness (QED) is 0.688. The molecule has 0 atom stereocenters. The van der Waals surface area contributed by atoms with Crippen molar-refractivity contribution in [2.24, 2.45) is 0 Å². The number of carbonyl (C=O) groups is 2. The maximum absolute atomic E-state index is 12.1. The molecule has 0 fully saturated rings. The average molecular weight is 317 g/mol. The van der Waals surface area contributed by atoms with Crippen LogP contribution in [-0.2, 0) is 4.79 Å². The third kappa shape index (κ3) is 4.68. The van der Waals surface area contributed by atoms with E-state index >= 15 is 0 Å². The second-order valence-corrected chi connectivity index (χ2v) is 5.68. The van der Waals surface area contributed by atoms with E-state index < -0.39 is 0 Å². The predicted octanol–water partition coefficient (Wildman–Crippen LogP) is 2.94. The molecule has 2 aromatic rings. The normalized spacial score (nSPS) is 10.2. The lowest BCUT2D eigenvalue weighted by Gasteiger charge is -2.11. The standard InChI is InChI=1S/C16H19N3O2S/c1-17-10-4-9-15(20)18-12-6-2-3-7-13(12)19-16(21)14-8-5-11-22-14/h2-3,5-8,11,17H,4,9-10H2,1H3,(H,18,20)(H,19,21). The summed E-state index contributed by atoms with van der Waals surface area (Å²) < 4.78 is 0. The lowest BCUT2D eigenvalue weighted by atomic mass is 10.2. The molecule has 1 aromatic carbocycles. The Labute approximate surface area is 133 Å². The van der Waals surface area contributed by atoms with Gasteiger partial charge in [-0.2, -0.15) is 0 Å². The minimum absolute atomic E-state index is 0.0620. The lowest BCUT2D eigenvalue weighted by molar-refractivity contribution is -0.116. The number of para-hydroxylation sites is 2. The summed E-state index contributed by atoms with van der Waals surface area (Å²) in [5.41, 5.74) is 1.21. The highest BCUT2D eigenvalue weighted by Gasteiger charge is 2.11. The first kappa shape index (κ1) is 16.2. The Kier molecular flexibility index (Phi) is 6.12. The summed E-state index contributed by atoms with van der Waals surface area (Å²) >= 11 is 1.38. The van der Waals surface area contributed by atoms with Crippen LogP contribution in [0.4, 0.5) is 11.4 Å². The molecule has 0 spiro atoms. The van der Waals surface area contributed by atoms with Crippen molar-refractivity contribution in [3.8, 4) is 0 Å². The van der Waals surface area contributed by atoms with Gasteiger partial charge in [-0.1, -0.05) is 18.2 Å². The second kappa shape index (κ2) is 8.31. The minimum Gasteiger partial charge on any atom is -0.324 e. The van der Waals surface area contributed by atoms with E-state index in [-0.39, 0.29) is 11.8 Å². The number of rotatable bonds is 7. The molecular formula is C16H19N3O2S. The van der Waals surface area contributed by atoms with Gasteiger partial charge in [-0.05, 0) is 43.6 Å². The number of thiophene rings is 1. The van der Waals surface area contributed by atoms with E-state index in [4.69, 9.17) is 0 Å². The van der Waals surface area contributed by atoms with Gasteiger partial charge in [-0.15, -0.1) is 11.3 Å². The Morgan fingerprint density at radius 3 is 2.41 bits per heavy atom. The van der Waals surface area contributed by atoms with Gasteiger partial charge < -0.3 is 16.0 Å². The predicted molar refractivity (Wildman–Crippen MR) is 90.5 cm³/mol. The molecule has 0 unspecified atom stereocenters. The van der Waals surface area contributed by atoms with E-state index in [2.05, 4.69) is 16.0 Å². The summed E-state index contributed by atoms with van der Waals surface area (Å²) in [6, 6.07) is 10.8. The highest BCUT2D eigenvalue weighted by atomic mass is 32.1. The van der Waals surface area contributed by atoms with Crippen LogP contribution >= 0.6 is 11.3 Å². The van der Waals surface area contributed by atoms with Gasteiger partial charge in [0, 0.05) is 6.42 Å². The Balaban J connectivity index is 2.00. The van der Waals surface area contributed by atoms with Gasteiger partial charge in [-0.3, -0.25) is 9.59 Å². The van der Waals surface area contributed by atoms with Crippen molar-refractivity contribution in [3.63, 3.8) is 0 Å². The number of hydrogen-bond donors (Lipinski definition) is 3. The number of hydrogen-bond acceptors (Lipinski definition) is 4. The molecule has 6 heteroatoms. The monoisotopic (exact) mass is 317 g/mol. The highest BCUT2D eigenvalue weighted by molar-refractivity contribution is 7.12. The third-order valence-corrected chi connectivity index (χ3v) is 3.89. The van der Waals surface area contributed by atoms with Gasteiger partial charge >= 0.3 is 0 Å². The zero-order valence-corrected chi connectivity index (χ0v) is 13.2. The van der Waals surface area contributed by atoms with Crippen molar-refractivity contribution in [1.29, 1.82) is 0 Å². The molecule has 2 rings (SSSR count). The first-order chi connectivity index (χ1) is 10.7. The van der Waals surface area contributed by atoms with Crippen molar-refractivity contribution in [2.45, 2.75) is 12.8 Å². The van der Waals surface area contributed by atoms with Gasteiger partial charge in [0.25, 0.3) is 5.91 Å². The molecule has 0 bridgehead atoms. The van der Waals surface area contributed by atoms with Crippen molar-refractivity contribution in [2.75, 3.05) is 24.2 Å². The van der Waals surface area contributed by atoms with Crippen molar-refractivity contribution < 1.29 is 9.59 Å². The van der Waals surface area contributed by atoms with E-state index in [9.17, 15) is 9.59 Å². The Hall–Kier alpha value is -2.18. The van der Waals surface area contributed by atoms with Crippen LogP contribution in [-0.4, -0.2) is 25.4 Å². The van der Waals surface area contributed by atoms with Crippen LogP contribution in [0.25, 0.3) is 0 Å². The molecule has 116 valence electrons. The van der Waals surface area contributed by atoms with E-state index in [0.717, 1.165) is 13.0 Å². The molecule has 1 aromatic heterocycles. The molecule has 0 aliphatic carbocycles. The van der Waals surface area contributed by atoms with Crippen molar-refractivity contribution in [3.05, 3.63) is 46.7 Å². The average Bonchev–Trinajstić information content (AvgIpc) is 3.04. The number of nitrogens with one attached hydrogen (secondary N) is 3. The van der Waals surface area contributed by atoms with Gasteiger partial charge in [0.05, 0.1) is 16.3 Å². The fourth-order valence-corrected chi connectivity index (χ4v) is 2.55. The smallest absolute Gasteiger partial charge is 0.265 e. The lowest BCUT2D eigenvalue weighted by Crippen LogP contribution is -2.17. The molecule has 1 heterocycles. The van der Waals surface area contributed by atoms with E-state index in [1.807, 2.05) is 30.6 Å². The van der Waals surface area contributed by atoms with Crippen LogP contribution in [0.5, 0.6) is 0 Å². The number of carbonyl (C=O) groups excluding carboxylic acids is 2. The SMILES string of the molecule is CNCCCC(=O)Nc1ccccc1NC(=O)c1cccs1. The van der Waals surface area contributed by atoms with Crippen LogP contribution in [0.2, 0.25) is 0 Å². The molecule has 0 radical (unpaired) electrons.